The minimum atomic E-state index is -3.62. The first-order valence-electron chi connectivity index (χ1n) is 7.34. The van der Waals surface area contributed by atoms with E-state index in [0.29, 0.717) is 25.8 Å². The Morgan fingerprint density at radius 2 is 1.95 bits per heavy atom. The lowest BCUT2D eigenvalue weighted by molar-refractivity contribution is -0.141. The summed E-state index contributed by atoms with van der Waals surface area (Å²) in [6, 6.07) is 7.50. The molecule has 2 atom stereocenters. The number of benzene rings is 1. The molecule has 1 N–H and O–H groups in total. The Balaban J connectivity index is 1.98. The van der Waals surface area contributed by atoms with Gasteiger partial charge in [0.1, 0.15) is 0 Å². The molecule has 0 radical (unpaired) electrons. The molecule has 6 heteroatoms. The van der Waals surface area contributed by atoms with E-state index in [1.165, 1.54) is 4.31 Å². The van der Waals surface area contributed by atoms with E-state index in [2.05, 4.69) is 0 Å². The van der Waals surface area contributed by atoms with Crippen molar-refractivity contribution in [3.05, 3.63) is 29.8 Å². The average molecular weight is 309 g/mol. The van der Waals surface area contributed by atoms with E-state index < -0.39 is 27.2 Å². The molecule has 1 saturated carbocycles. The first-order valence-corrected chi connectivity index (χ1v) is 8.84. The van der Waals surface area contributed by atoms with E-state index in [0.717, 1.165) is 24.1 Å². The molecule has 1 aromatic carbocycles. The van der Waals surface area contributed by atoms with Crippen molar-refractivity contribution in [3.8, 4) is 0 Å². The second-order valence-electron chi connectivity index (χ2n) is 5.76. The molecule has 0 saturated heterocycles. The van der Waals surface area contributed by atoms with E-state index in [9.17, 15) is 18.3 Å². The second kappa shape index (κ2) is 5.33. The molecule has 2 unspecified atom stereocenters. The van der Waals surface area contributed by atoms with Crippen LogP contribution in [0.15, 0.2) is 24.3 Å². The maximum atomic E-state index is 12.9. The van der Waals surface area contributed by atoms with Crippen molar-refractivity contribution < 1.29 is 18.3 Å². The van der Waals surface area contributed by atoms with E-state index in [1.54, 1.807) is 0 Å². The number of hydrogen-bond acceptors (Lipinski definition) is 3. The zero-order chi connectivity index (χ0) is 15.0. The first kappa shape index (κ1) is 14.4. The number of nitrogens with zero attached hydrogens (tertiary/aromatic N) is 1. The van der Waals surface area contributed by atoms with Crippen molar-refractivity contribution in [2.75, 3.05) is 10.8 Å². The normalized spacial score (nSPS) is 25.6. The summed E-state index contributed by atoms with van der Waals surface area (Å²) in [5.41, 5.74) is 1.75. The van der Waals surface area contributed by atoms with Crippen LogP contribution in [0.25, 0.3) is 0 Å². The number of carboxylic acids is 1. The zero-order valence-electron chi connectivity index (χ0n) is 11.7. The number of carboxylic acid groups (broad SMARTS) is 1. The number of aryl methyl sites for hydroxylation is 1. The molecule has 0 amide bonds. The number of rotatable bonds is 3. The van der Waals surface area contributed by atoms with E-state index in [-0.39, 0.29) is 0 Å². The summed E-state index contributed by atoms with van der Waals surface area (Å²) in [7, 11) is -3.62. The fourth-order valence-corrected chi connectivity index (χ4v) is 5.79. The Hall–Kier alpha value is -1.56. The lowest BCUT2D eigenvalue weighted by Crippen LogP contribution is -2.44. The summed E-state index contributed by atoms with van der Waals surface area (Å²) in [6.07, 6.45) is 3.21. The maximum Gasteiger partial charge on any atom is 0.307 e. The number of anilines is 1. The molecule has 1 aliphatic carbocycles. The Kier molecular flexibility index (Phi) is 3.65. The maximum absolute atomic E-state index is 12.9. The van der Waals surface area contributed by atoms with Gasteiger partial charge in [0.25, 0.3) is 0 Å². The summed E-state index contributed by atoms with van der Waals surface area (Å²) >= 11 is 0. The molecule has 1 fully saturated rings. The lowest BCUT2D eigenvalue weighted by atomic mass is 10.0. The molecule has 1 aromatic rings. The summed E-state index contributed by atoms with van der Waals surface area (Å²) in [5.74, 6) is -1.77. The number of carbonyl (C=O) groups is 1. The van der Waals surface area contributed by atoms with Crippen LogP contribution in [0.3, 0.4) is 0 Å². The fourth-order valence-electron chi connectivity index (χ4n) is 3.49. The summed E-state index contributed by atoms with van der Waals surface area (Å²) in [4.78, 5) is 11.3. The van der Waals surface area contributed by atoms with Crippen molar-refractivity contribution in [1.82, 2.24) is 0 Å². The molecule has 2 aliphatic rings. The predicted octanol–water partition coefficient (Wildman–Crippen LogP) is 2.02. The van der Waals surface area contributed by atoms with Crippen LogP contribution in [-0.4, -0.2) is 31.3 Å². The Labute approximate surface area is 124 Å². The van der Waals surface area contributed by atoms with Crippen molar-refractivity contribution >= 4 is 21.7 Å². The standard InChI is InChI=1S/C15H19NO4S/c17-15(18)12-7-3-9-14(12)21(19,20)16-10-4-6-11-5-1-2-8-13(11)16/h1-2,5,8,12,14H,3-4,6-7,9-10H2,(H,17,18). The van der Waals surface area contributed by atoms with Gasteiger partial charge in [0.05, 0.1) is 16.9 Å². The summed E-state index contributed by atoms with van der Waals surface area (Å²) in [5, 5.41) is 8.47. The van der Waals surface area contributed by atoms with Crippen LogP contribution in [-0.2, 0) is 21.2 Å². The highest BCUT2D eigenvalue weighted by Crippen LogP contribution is 2.37. The second-order valence-corrected chi connectivity index (χ2v) is 7.84. The van der Waals surface area contributed by atoms with Crippen molar-refractivity contribution in [2.24, 2.45) is 5.92 Å². The van der Waals surface area contributed by atoms with Crippen LogP contribution in [0.5, 0.6) is 0 Å². The molecule has 5 nitrogen and oxygen atoms in total. The van der Waals surface area contributed by atoms with Gasteiger partial charge in [0.2, 0.25) is 10.0 Å². The quantitative estimate of drug-likeness (QED) is 0.927. The van der Waals surface area contributed by atoms with Crippen LogP contribution < -0.4 is 4.31 Å². The Morgan fingerprint density at radius 3 is 2.71 bits per heavy atom. The van der Waals surface area contributed by atoms with Crippen LogP contribution in [0.4, 0.5) is 5.69 Å². The monoisotopic (exact) mass is 309 g/mol. The molecule has 1 aliphatic heterocycles. The van der Waals surface area contributed by atoms with Crippen LogP contribution in [0.2, 0.25) is 0 Å². The van der Waals surface area contributed by atoms with Gasteiger partial charge >= 0.3 is 5.97 Å². The molecule has 3 rings (SSSR count). The van der Waals surface area contributed by atoms with Crippen molar-refractivity contribution in [2.45, 2.75) is 37.4 Å². The third-order valence-electron chi connectivity index (χ3n) is 4.53. The van der Waals surface area contributed by atoms with Gasteiger partial charge in [-0.2, -0.15) is 0 Å². The first-order chi connectivity index (χ1) is 10.0. The molecule has 21 heavy (non-hydrogen) atoms. The van der Waals surface area contributed by atoms with E-state index in [1.807, 2.05) is 24.3 Å². The minimum absolute atomic E-state index is 0.442. The van der Waals surface area contributed by atoms with Crippen LogP contribution >= 0.6 is 0 Å². The Bertz CT molecular complexity index is 655. The van der Waals surface area contributed by atoms with E-state index >= 15 is 0 Å². The SMILES string of the molecule is O=C(O)C1CCCC1S(=O)(=O)N1CCCc2ccccc21. The van der Waals surface area contributed by atoms with Gasteiger partial charge in [0, 0.05) is 6.54 Å². The van der Waals surface area contributed by atoms with Gasteiger partial charge in [-0.15, -0.1) is 0 Å². The van der Waals surface area contributed by atoms with Crippen LogP contribution in [0, 0.1) is 5.92 Å². The van der Waals surface area contributed by atoms with Gasteiger partial charge in [-0.3, -0.25) is 9.10 Å². The fraction of sp³-hybridized carbons (Fsp3) is 0.533. The van der Waals surface area contributed by atoms with Gasteiger partial charge in [-0.1, -0.05) is 24.6 Å². The molecule has 0 bridgehead atoms. The number of para-hydroxylation sites is 1. The topological polar surface area (TPSA) is 74.7 Å². The smallest absolute Gasteiger partial charge is 0.307 e. The highest BCUT2D eigenvalue weighted by Gasteiger charge is 2.45. The third kappa shape index (κ3) is 2.41. The van der Waals surface area contributed by atoms with Gasteiger partial charge in [-0.05, 0) is 37.3 Å². The summed E-state index contributed by atoms with van der Waals surface area (Å²) in [6.45, 7) is 0.447. The highest BCUT2D eigenvalue weighted by atomic mass is 32.2. The molecule has 0 spiro atoms. The molecular formula is C15H19NO4S. The molecule has 1 heterocycles. The third-order valence-corrected chi connectivity index (χ3v) is 6.85. The van der Waals surface area contributed by atoms with Crippen LogP contribution in [0.1, 0.15) is 31.2 Å². The van der Waals surface area contributed by atoms with Gasteiger partial charge in [-0.25, -0.2) is 8.42 Å². The number of aliphatic carboxylic acids is 1. The number of sulfonamides is 1. The molecular weight excluding hydrogens is 290 g/mol. The lowest BCUT2D eigenvalue weighted by Gasteiger charge is -2.33. The van der Waals surface area contributed by atoms with E-state index in [4.69, 9.17) is 0 Å². The number of hydrogen-bond donors (Lipinski definition) is 1. The summed E-state index contributed by atoms with van der Waals surface area (Å²) < 4.78 is 27.3. The Morgan fingerprint density at radius 1 is 1.19 bits per heavy atom. The largest absolute Gasteiger partial charge is 0.481 e. The van der Waals surface area contributed by atoms with Gasteiger partial charge < -0.3 is 5.11 Å². The van der Waals surface area contributed by atoms with Crippen molar-refractivity contribution in [3.63, 3.8) is 0 Å². The number of fused-ring (bicyclic) bond motifs is 1. The minimum Gasteiger partial charge on any atom is -0.481 e. The zero-order valence-corrected chi connectivity index (χ0v) is 12.6. The van der Waals surface area contributed by atoms with Gasteiger partial charge in [0.15, 0.2) is 0 Å². The molecule has 114 valence electrons. The average Bonchev–Trinajstić information content (AvgIpc) is 2.97. The predicted molar refractivity (Wildman–Crippen MR) is 79.8 cm³/mol. The highest BCUT2D eigenvalue weighted by molar-refractivity contribution is 7.93. The molecule has 0 aromatic heterocycles. The van der Waals surface area contributed by atoms with Crippen molar-refractivity contribution in [1.29, 1.82) is 0 Å².